The number of hydrogen-bond donors (Lipinski definition) is 1. The predicted molar refractivity (Wildman–Crippen MR) is 69.0 cm³/mol. The number of para-hydroxylation sites is 1. The molecular formula is C14H20F3NO. The number of hydrogen-bond acceptors (Lipinski definition) is 2. The summed E-state index contributed by atoms with van der Waals surface area (Å²) < 4.78 is 41.0. The van der Waals surface area contributed by atoms with Crippen molar-refractivity contribution >= 4 is 0 Å². The van der Waals surface area contributed by atoms with E-state index in [0.717, 1.165) is 12.8 Å². The minimum Gasteiger partial charge on any atom is -0.405 e. The molecule has 1 N–H and O–H groups in total. The third-order valence-electron chi connectivity index (χ3n) is 2.87. The average molecular weight is 275 g/mol. The standard InChI is InChI=1S/C14H20F3NO/c1-4-7-10(2)18-11(3)12-8-5-6-9-13(12)19-14(15,16)17/h5-6,8-11,18H,4,7H2,1-3H3/t10?,11-/m1/s1. The molecular weight excluding hydrogens is 255 g/mol. The number of benzene rings is 1. The maximum absolute atomic E-state index is 12.3. The lowest BCUT2D eigenvalue weighted by atomic mass is 10.1. The van der Waals surface area contributed by atoms with E-state index in [1.54, 1.807) is 12.1 Å². The summed E-state index contributed by atoms with van der Waals surface area (Å²) >= 11 is 0. The van der Waals surface area contributed by atoms with Gasteiger partial charge in [0.15, 0.2) is 0 Å². The fourth-order valence-electron chi connectivity index (χ4n) is 2.09. The van der Waals surface area contributed by atoms with Gasteiger partial charge in [0.2, 0.25) is 0 Å². The maximum Gasteiger partial charge on any atom is 0.573 e. The van der Waals surface area contributed by atoms with Gasteiger partial charge in [-0.15, -0.1) is 13.2 Å². The van der Waals surface area contributed by atoms with E-state index in [0.29, 0.717) is 5.56 Å². The van der Waals surface area contributed by atoms with Crippen molar-refractivity contribution in [1.82, 2.24) is 5.32 Å². The van der Waals surface area contributed by atoms with Crippen molar-refractivity contribution in [3.05, 3.63) is 29.8 Å². The topological polar surface area (TPSA) is 21.3 Å². The van der Waals surface area contributed by atoms with E-state index in [2.05, 4.69) is 17.0 Å². The molecule has 0 radical (unpaired) electrons. The van der Waals surface area contributed by atoms with Crippen LogP contribution in [-0.4, -0.2) is 12.4 Å². The smallest absolute Gasteiger partial charge is 0.405 e. The first-order valence-electron chi connectivity index (χ1n) is 6.44. The van der Waals surface area contributed by atoms with Gasteiger partial charge in [-0.25, -0.2) is 0 Å². The lowest BCUT2D eigenvalue weighted by Crippen LogP contribution is -2.29. The van der Waals surface area contributed by atoms with Gasteiger partial charge >= 0.3 is 6.36 Å². The van der Waals surface area contributed by atoms with E-state index in [4.69, 9.17) is 0 Å². The van der Waals surface area contributed by atoms with Gasteiger partial charge in [-0.1, -0.05) is 31.5 Å². The highest BCUT2D eigenvalue weighted by molar-refractivity contribution is 5.35. The summed E-state index contributed by atoms with van der Waals surface area (Å²) in [6, 6.07) is 6.29. The summed E-state index contributed by atoms with van der Waals surface area (Å²) in [5.74, 6) is -0.140. The molecule has 1 aromatic rings. The SMILES string of the molecule is CCCC(C)N[C@H](C)c1ccccc1OC(F)(F)F. The van der Waals surface area contributed by atoms with Gasteiger partial charge in [0, 0.05) is 17.6 Å². The summed E-state index contributed by atoms with van der Waals surface area (Å²) in [5, 5.41) is 3.28. The Morgan fingerprint density at radius 2 is 1.84 bits per heavy atom. The van der Waals surface area contributed by atoms with Crippen molar-refractivity contribution in [3.8, 4) is 5.75 Å². The van der Waals surface area contributed by atoms with Crippen molar-refractivity contribution in [3.63, 3.8) is 0 Å². The van der Waals surface area contributed by atoms with Crippen LogP contribution in [0.15, 0.2) is 24.3 Å². The Morgan fingerprint density at radius 1 is 1.21 bits per heavy atom. The van der Waals surface area contributed by atoms with Gasteiger partial charge in [-0.05, 0) is 26.3 Å². The number of ether oxygens (including phenoxy) is 1. The van der Waals surface area contributed by atoms with Crippen LogP contribution in [0.2, 0.25) is 0 Å². The molecule has 2 nitrogen and oxygen atoms in total. The van der Waals surface area contributed by atoms with Crippen LogP contribution in [0.4, 0.5) is 13.2 Å². The van der Waals surface area contributed by atoms with Crippen LogP contribution < -0.4 is 10.1 Å². The molecule has 0 saturated heterocycles. The zero-order chi connectivity index (χ0) is 14.5. The Bertz CT molecular complexity index is 393. The molecule has 1 rings (SSSR count). The van der Waals surface area contributed by atoms with Gasteiger partial charge in [-0.3, -0.25) is 0 Å². The molecule has 0 aromatic heterocycles. The average Bonchev–Trinajstić information content (AvgIpc) is 2.27. The molecule has 0 spiro atoms. The second-order valence-electron chi connectivity index (χ2n) is 4.66. The second-order valence-corrected chi connectivity index (χ2v) is 4.66. The van der Waals surface area contributed by atoms with Gasteiger partial charge in [0.05, 0.1) is 0 Å². The second kappa shape index (κ2) is 6.80. The first kappa shape index (κ1) is 15.8. The van der Waals surface area contributed by atoms with Gasteiger partial charge in [-0.2, -0.15) is 0 Å². The minimum atomic E-state index is -4.66. The highest BCUT2D eigenvalue weighted by Gasteiger charge is 2.32. The van der Waals surface area contributed by atoms with E-state index in [9.17, 15) is 13.2 Å². The minimum absolute atomic E-state index is 0.140. The molecule has 19 heavy (non-hydrogen) atoms. The van der Waals surface area contributed by atoms with Crippen LogP contribution in [0.5, 0.6) is 5.75 Å². The summed E-state index contributed by atoms with van der Waals surface area (Å²) in [4.78, 5) is 0. The molecule has 1 unspecified atom stereocenters. The zero-order valence-electron chi connectivity index (χ0n) is 11.4. The summed E-state index contributed by atoms with van der Waals surface area (Å²) in [6.07, 6.45) is -2.65. The number of alkyl halides is 3. The maximum atomic E-state index is 12.3. The van der Waals surface area contributed by atoms with E-state index >= 15 is 0 Å². The molecule has 1 aromatic carbocycles. The quantitative estimate of drug-likeness (QED) is 0.829. The highest BCUT2D eigenvalue weighted by atomic mass is 19.4. The highest BCUT2D eigenvalue weighted by Crippen LogP contribution is 2.30. The molecule has 0 aliphatic heterocycles. The fraction of sp³-hybridized carbons (Fsp3) is 0.571. The van der Waals surface area contributed by atoms with Gasteiger partial charge in [0.25, 0.3) is 0 Å². The number of rotatable bonds is 6. The van der Waals surface area contributed by atoms with E-state index in [-0.39, 0.29) is 17.8 Å². The fourth-order valence-corrected chi connectivity index (χ4v) is 2.09. The Morgan fingerprint density at radius 3 is 2.42 bits per heavy atom. The van der Waals surface area contributed by atoms with Crippen molar-refractivity contribution < 1.29 is 17.9 Å². The van der Waals surface area contributed by atoms with E-state index < -0.39 is 6.36 Å². The molecule has 0 aliphatic rings. The molecule has 0 amide bonds. The molecule has 0 saturated carbocycles. The lowest BCUT2D eigenvalue weighted by molar-refractivity contribution is -0.275. The van der Waals surface area contributed by atoms with Crippen LogP contribution in [0, 0.1) is 0 Å². The number of nitrogens with one attached hydrogen (secondary N) is 1. The summed E-state index contributed by atoms with van der Waals surface area (Å²) in [5.41, 5.74) is 0.516. The van der Waals surface area contributed by atoms with Crippen molar-refractivity contribution in [2.45, 2.75) is 52.1 Å². The zero-order valence-corrected chi connectivity index (χ0v) is 11.4. The lowest BCUT2D eigenvalue weighted by Gasteiger charge is -2.22. The normalized spacial score (nSPS) is 15.1. The van der Waals surface area contributed by atoms with Crippen LogP contribution in [0.1, 0.15) is 45.2 Å². The van der Waals surface area contributed by atoms with Crippen LogP contribution in [-0.2, 0) is 0 Å². The van der Waals surface area contributed by atoms with Crippen molar-refractivity contribution in [1.29, 1.82) is 0 Å². The van der Waals surface area contributed by atoms with Crippen molar-refractivity contribution in [2.24, 2.45) is 0 Å². The third kappa shape index (κ3) is 5.51. The molecule has 0 heterocycles. The molecule has 108 valence electrons. The van der Waals surface area contributed by atoms with Crippen molar-refractivity contribution in [2.75, 3.05) is 0 Å². The Kier molecular flexibility index (Phi) is 5.66. The Balaban J connectivity index is 2.81. The molecule has 0 bridgehead atoms. The number of halogens is 3. The Hall–Kier alpha value is -1.23. The first-order valence-corrected chi connectivity index (χ1v) is 6.44. The Labute approximate surface area is 112 Å². The van der Waals surface area contributed by atoms with Crippen LogP contribution >= 0.6 is 0 Å². The predicted octanol–water partition coefficient (Wildman–Crippen LogP) is 4.42. The summed E-state index contributed by atoms with van der Waals surface area (Å²) in [6.45, 7) is 5.93. The molecule has 0 aliphatic carbocycles. The monoisotopic (exact) mass is 275 g/mol. The van der Waals surface area contributed by atoms with Gasteiger partial charge < -0.3 is 10.1 Å². The summed E-state index contributed by atoms with van der Waals surface area (Å²) in [7, 11) is 0. The molecule has 2 atom stereocenters. The molecule has 5 heteroatoms. The van der Waals surface area contributed by atoms with Gasteiger partial charge in [0.1, 0.15) is 5.75 Å². The third-order valence-corrected chi connectivity index (χ3v) is 2.87. The van der Waals surface area contributed by atoms with E-state index in [1.165, 1.54) is 12.1 Å². The largest absolute Gasteiger partial charge is 0.573 e. The van der Waals surface area contributed by atoms with Crippen LogP contribution in [0.25, 0.3) is 0 Å². The first-order chi connectivity index (χ1) is 8.83. The van der Waals surface area contributed by atoms with Crippen LogP contribution in [0.3, 0.4) is 0 Å². The molecule has 0 fully saturated rings. The van der Waals surface area contributed by atoms with E-state index in [1.807, 2.05) is 13.8 Å².